The van der Waals surface area contributed by atoms with Crippen LogP contribution >= 0.6 is 0 Å². The minimum Gasteiger partial charge on any atom is -0.412 e. The van der Waals surface area contributed by atoms with Gasteiger partial charge in [-0.3, -0.25) is 4.99 Å². The van der Waals surface area contributed by atoms with Crippen molar-refractivity contribution in [1.82, 2.24) is 0 Å². The summed E-state index contributed by atoms with van der Waals surface area (Å²) in [7, 11) is 3.29. The van der Waals surface area contributed by atoms with Crippen LogP contribution in [-0.2, 0) is 4.79 Å². The molecule has 0 spiro atoms. The molecule has 0 atom stereocenters. The van der Waals surface area contributed by atoms with E-state index < -0.39 is 0 Å². The quantitative estimate of drug-likeness (QED) is 0.546. The minimum atomic E-state index is 0. The van der Waals surface area contributed by atoms with Crippen LogP contribution in [0.25, 0.3) is 0 Å². The Bertz CT molecular complexity index is 104. The molecule has 0 unspecified atom stereocenters. The molecule has 4 N–H and O–H groups in total. The van der Waals surface area contributed by atoms with Gasteiger partial charge in [-0.05, 0) is 34.7 Å². The van der Waals surface area contributed by atoms with E-state index in [-0.39, 0.29) is 11.3 Å². The van der Waals surface area contributed by atoms with Gasteiger partial charge in [0.1, 0.15) is 5.78 Å². The van der Waals surface area contributed by atoms with Crippen molar-refractivity contribution in [2.24, 2.45) is 10.7 Å². The highest BCUT2D eigenvalue weighted by molar-refractivity contribution is 5.78. The van der Waals surface area contributed by atoms with Crippen LogP contribution < -0.4 is 5.73 Å². The Hall–Kier alpha value is -0.740. The van der Waals surface area contributed by atoms with Gasteiger partial charge in [0.25, 0.3) is 0 Å². The first-order valence-electron chi connectivity index (χ1n) is 3.45. The van der Waals surface area contributed by atoms with Crippen molar-refractivity contribution in [1.29, 1.82) is 0 Å². The van der Waals surface area contributed by atoms with Crippen LogP contribution in [0.15, 0.2) is 4.99 Å². The fourth-order valence-electron chi connectivity index (χ4n) is 0. The summed E-state index contributed by atoms with van der Waals surface area (Å²) in [6.45, 7) is 7.00. The molecule has 12 heavy (non-hydrogen) atoms. The standard InChI is InChI=1S/C4H9N.C3H6O.CH5N.H2O/c1-4(2)5-3;1-3(2)4;1-2;/h1-3H3;1-2H3;2H2,1H3;1H2. The smallest absolute Gasteiger partial charge is 0.126 e. The van der Waals surface area contributed by atoms with E-state index >= 15 is 0 Å². The van der Waals surface area contributed by atoms with Gasteiger partial charge in [0.05, 0.1) is 0 Å². The molecule has 0 aliphatic carbocycles. The van der Waals surface area contributed by atoms with Crippen molar-refractivity contribution in [3.05, 3.63) is 0 Å². The number of carbonyl (C=O) groups is 1. The zero-order valence-corrected chi connectivity index (χ0v) is 8.93. The molecule has 0 aromatic carbocycles. The zero-order valence-electron chi connectivity index (χ0n) is 8.93. The lowest BCUT2D eigenvalue weighted by Crippen LogP contribution is -1.74. The number of aliphatic imine (C=N–C) groups is 1. The van der Waals surface area contributed by atoms with Crippen molar-refractivity contribution in [2.75, 3.05) is 14.1 Å². The maximum atomic E-state index is 9.44. The van der Waals surface area contributed by atoms with Gasteiger partial charge < -0.3 is 16.0 Å². The number of ketones is 1. The summed E-state index contributed by atoms with van der Waals surface area (Å²) in [5.41, 5.74) is 5.63. The van der Waals surface area contributed by atoms with Gasteiger partial charge >= 0.3 is 0 Å². The van der Waals surface area contributed by atoms with Crippen LogP contribution in [0.3, 0.4) is 0 Å². The first-order chi connectivity index (χ1) is 5.00. The molecule has 0 rings (SSSR count). The van der Waals surface area contributed by atoms with Crippen molar-refractivity contribution < 1.29 is 10.3 Å². The largest absolute Gasteiger partial charge is 0.412 e. The van der Waals surface area contributed by atoms with Crippen molar-refractivity contribution in [3.63, 3.8) is 0 Å². The Morgan fingerprint density at radius 3 is 1.17 bits per heavy atom. The number of hydrogen-bond acceptors (Lipinski definition) is 3. The molecular weight excluding hydrogens is 156 g/mol. The predicted octanol–water partition coefficient (Wildman–Crippen LogP) is 0.443. The van der Waals surface area contributed by atoms with E-state index in [0.29, 0.717) is 0 Å². The second kappa shape index (κ2) is 22.5. The van der Waals surface area contributed by atoms with Crippen molar-refractivity contribution >= 4 is 11.5 Å². The third-order valence-electron chi connectivity index (χ3n) is 0.447. The lowest BCUT2D eigenvalue weighted by molar-refractivity contribution is -0.114. The molecule has 0 fully saturated rings. The SMILES string of the molecule is CC(C)=O.CN.CN=C(C)C.O. The van der Waals surface area contributed by atoms with E-state index in [1.807, 2.05) is 13.8 Å². The highest BCUT2D eigenvalue weighted by Gasteiger charge is 1.62. The first kappa shape index (κ1) is 22.5. The highest BCUT2D eigenvalue weighted by Crippen LogP contribution is 1.63. The molecule has 0 aliphatic rings. The molecule has 4 heteroatoms. The lowest BCUT2D eigenvalue weighted by Gasteiger charge is -1.74. The topological polar surface area (TPSA) is 87.0 Å². The van der Waals surface area contributed by atoms with E-state index in [9.17, 15) is 4.79 Å². The first-order valence-corrected chi connectivity index (χ1v) is 3.45. The molecule has 0 aromatic heterocycles. The molecule has 0 saturated heterocycles. The normalized spacial score (nSPS) is 5.58. The average molecular weight is 178 g/mol. The molecular formula is C8H22N2O2. The fraction of sp³-hybridized carbons (Fsp3) is 0.750. The summed E-state index contributed by atoms with van der Waals surface area (Å²) in [6, 6.07) is 0. The minimum absolute atomic E-state index is 0. The number of rotatable bonds is 0. The van der Waals surface area contributed by atoms with E-state index in [1.54, 1.807) is 7.05 Å². The Labute approximate surface area is 75.2 Å². The van der Waals surface area contributed by atoms with E-state index in [0.717, 1.165) is 5.71 Å². The highest BCUT2D eigenvalue weighted by atomic mass is 16.1. The predicted molar refractivity (Wildman–Crippen MR) is 54.8 cm³/mol. The molecule has 76 valence electrons. The van der Waals surface area contributed by atoms with Crippen molar-refractivity contribution in [2.45, 2.75) is 27.7 Å². The Morgan fingerprint density at radius 1 is 1.08 bits per heavy atom. The second-order valence-corrected chi connectivity index (χ2v) is 2.08. The van der Waals surface area contributed by atoms with E-state index in [4.69, 9.17) is 0 Å². The van der Waals surface area contributed by atoms with Gasteiger partial charge in [-0.2, -0.15) is 0 Å². The summed E-state index contributed by atoms with van der Waals surface area (Å²) in [5.74, 6) is 0.167. The van der Waals surface area contributed by atoms with Crippen molar-refractivity contribution in [3.8, 4) is 0 Å². The molecule has 0 aliphatic heterocycles. The van der Waals surface area contributed by atoms with Crippen LogP contribution in [0.2, 0.25) is 0 Å². The summed E-state index contributed by atoms with van der Waals surface area (Å²) >= 11 is 0. The number of nitrogens with two attached hydrogens (primary N) is 1. The van der Waals surface area contributed by atoms with E-state index in [1.165, 1.54) is 20.9 Å². The molecule has 0 aromatic rings. The van der Waals surface area contributed by atoms with Gasteiger partial charge in [0, 0.05) is 12.8 Å². The zero-order chi connectivity index (χ0) is 9.86. The summed E-state index contributed by atoms with van der Waals surface area (Å²) < 4.78 is 0. The van der Waals surface area contributed by atoms with Crippen LogP contribution in [0.5, 0.6) is 0 Å². The van der Waals surface area contributed by atoms with E-state index in [2.05, 4.69) is 10.7 Å². The van der Waals surface area contributed by atoms with Gasteiger partial charge in [0.15, 0.2) is 0 Å². The average Bonchev–Trinajstić information content (AvgIpc) is 1.91. The Kier molecular flexibility index (Phi) is 42.1. The van der Waals surface area contributed by atoms with Gasteiger partial charge in [-0.25, -0.2) is 0 Å². The summed E-state index contributed by atoms with van der Waals surface area (Å²) in [6.07, 6.45) is 0. The number of carbonyl (C=O) groups excluding carboxylic acids is 1. The summed E-state index contributed by atoms with van der Waals surface area (Å²) in [5, 5.41) is 0. The van der Waals surface area contributed by atoms with Crippen LogP contribution in [0.4, 0.5) is 0 Å². The van der Waals surface area contributed by atoms with Gasteiger partial charge in [-0.15, -0.1) is 0 Å². The van der Waals surface area contributed by atoms with Gasteiger partial charge in [0.2, 0.25) is 0 Å². The fourth-order valence-corrected chi connectivity index (χ4v) is 0. The third-order valence-corrected chi connectivity index (χ3v) is 0.447. The summed E-state index contributed by atoms with van der Waals surface area (Å²) in [4.78, 5) is 13.2. The number of nitrogens with zero attached hydrogens (tertiary/aromatic N) is 1. The Morgan fingerprint density at radius 2 is 1.17 bits per heavy atom. The molecule has 0 heterocycles. The number of Topliss-reactive ketones (excluding diaryl/α,β-unsaturated/α-hetero) is 1. The number of hydrogen-bond donors (Lipinski definition) is 1. The molecule has 0 saturated carbocycles. The molecule has 4 nitrogen and oxygen atoms in total. The van der Waals surface area contributed by atoms with Crippen LogP contribution in [-0.4, -0.2) is 31.1 Å². The maximum absolute atomic E-state index is 9.44. The van der Waals surface area contributed by atoms with Crippen LogP contribution in [0.1, 0.15) is 27.7 Å². The molecule has 0 amide bonds. The lowest BCUT2D eigenvalue weighted by atomic mass is 10.5. The third kappa shape index (κ3) is 398. The molecule has 0 radical (unpaired) electrons. The monoisotopic (exact) mass is 178 g/mol. The van der Waals surface area contributed by atoms with Gasteiger partial charge in [-0.1, -0.05) is 0 Å². The second-order valence-electron chi connectivity index (χ2n) is 2.08. The van der Waals surface area contributed by atoms with Crippen LogP contribution in [0, 0.1) is 0 Å². The Balaban J connectivity index is -0.0000000419. The molecule has 0 bridgehead atoms. The maximum Gasteiger partial charge on any atom is 0.126 e.